The SMILES string of the molecule is CCN(c1cccc(C)c1)c1cc(NCCc2ccccc2OC)ncn1. The second-order valence-corrected chi connectivity index (χ2v) is 6.33. The maximum absolute atomic E-state index is 5.41. The zero-order valence-electron chi connectivity index (χ0n) is 16.1. The Hall–Kier alpha value is -3.08. The van der Waals surface area contributed by atoms with Crippen LogP contribution in [-0.4, -0.2) is 30.2 Å². The van der Waals surface area contributed by atoms with Crippen LogP contribution in [0.3, 0.4) is 0 Å². The number of benzene rings is 2. The fourth-order valence-corrected chi connectivity index (χ4v) is 3.10. The van der Waals surface area contributed by atoms with Gasteiger partial charge in [-0.25, -0.2) is 9.97 Å². The van der Waals surface area contributed by atoms with E-state index in [0.29, 0.717) is 0 Å². The van der Waals surface area contributed by atoms with Crippen molar-refractivity contribution in [1.82, 2.24) is 9.97 Å². The highest BCUT2D eigenvalue weighted by atomic mass is 16.5. The Morgan fingerprint density at radius 3 is 2.67 bits per heavy atom. The van der Waals surface area contributed by atoms with Gasteiger partial charge in [-0.2, -0.15) is 0 Å². The molecule has 5 heteroatoms. The molecule has 3 aromatic rings. The average Bonchev–Trinajstić information content (AvgIpc) is 2.69. The van der Waals surface area contributed by atoms with Crippen LogP contribution in [0.1, 0.15) is 18.1 Å². The number of anilines is 3. The Balaban J connectivity index is 1.69. The molecule has 0 aliphatic carbocycles. The van der Waals surface area contributed by atoms with Gasteiger partial charge in [0.2, 0.25) is 0 Å². The van der Waals surface area contributed by atoms with E-state index in [1.54, 1.807) is 13.4 Å². The largest absolute Gasteiger partial charge is 0.496 e. The first-order valence-corrected chi connectivity index (χ1v) is 9.23. The third-order valence-corrected chi connectivity index (χ3v) is 4.45. The normalized spacial score (nSPS) is 10.5. The summed E-state index contributed by atoms with van der Waals surface area (Å²) in [6.07, 6.45) is 2.47. The topological polar surface area (TPSA) is 50.3 Å². The molecular weight excluding hydrogens is 336 g/mol. The van der Waals surface area contributed by atoms with E-state index in [2.05, 4.69) is 64.4 Å². The lowest BCUT2D eigenvalue weighted by Gasteiger charge is -2.22. The van der Waals surface area contributed by atoms with Crippen LogP contribution in [0.4, 0.5) is 17.3 Å². The third kappa shape index (κ3) is 4.76. The van der Waals surface area contributed by atoms with Crippen molar-refractivity contribution in [2.75, 3.05) is 30.4 Å². The number of hydrogen-bond acceptors (Lipinski definition) is 5. The summed E-state index contributed by atoms with van der Waals surface area (Å²) in [5, 5.41) is 3.39. The highest BCUT2D eigenvalue weighted by molar-refractivity contribution is 5.62. The average molecular weight is 362 g/mol. The van der Waals surface area contributed by atoms with Gasteiger partial charge in [0.15, 0.2) is 0 Å². The number of para-hydroxylation sites is 1. The molecule has 27 heavy (non-hydrogen) atoms. The molecule has 1 aromatic heterocycles. The van der Waals surface area contributed by atoms with Crippen LogP contribution in [0.2, 0.25) is 0 Å². The molecule has 5 nitrogen and oxygen atoms in total. The fourth-order valence-electron chi connectivity index (χ4n) is 3.10. The Bertz CT molecular complexity index is 881. The van der Waals surface area contributed by atoms with E-state index in [1.807, 2.05) is 24.3 Å². The molecule has 0 aliphatic heterocycles. The lowest BCUT2D eigenvalue weighted by atomic mass is 10.1. The fraction of sp³-hybridized carbons (Fsp3) is 0.273. The van der Waals surface area contributed by atoms with Crippen molar-refractivity contribution in [2.24, 2.45) is 0 Å². The van der Waals surface area contributed by atoms with Gasteiger partial charge < -0.3 is 15.0 Å². The molecule has 0 saturated heterocycles. The van der Waals surface area contributed by atoms with Crippen LogP contribution < -0.4 is 15.0 Å². The first-order chi connectivity index (χ1) is 13.2. The zero-order chi connectivity index (χ0) is 19.1. The van der Waals surface area contributed by atoms with Gasteiger partial charge in [-0.3, -0.25) is 0 Å². The quantitative estimate of drug-likeness (QED) is 0.634. The number of ether oxygens (including phenoxy) is 1. The Labute approximate surface area is 161 Å². The van der Waals surface area contributed by atoms with E-state index < -0.39 is 0 Å². The van der Waals surface area contributed by atoms with Crippen molar-refractivity contribution < 1.29 is 4.74 Å². The Kier molecular flexibility index (Phi) is 6.26. The van der Waals surface area contributed by atoms with E-state index in [9.17, 15) is 0 Å². The van der Waals surface area contributed by atoms with Gasteiger partial charge in [0.05, 0.1) is 7.11 Å². The van der Waals surface area contributed by atoms with E-state index in [0.717, 1.165) is 42.6 Å². The summed E-state index contributed by atoms with van der Waals surface area (Å²) in [6.45, 7) is 5.83. The number of aromatic nitrogens is 2. The summed E-state index contributed by atoms with van der Waals surface area (Å²) in [7, 11) is 1.70. The highest BCUT2D eigenvalue weighted by Crippen LogP contribution is 2.25. The summed E-state index contributed by atoms with van der Waals surface area (Å²) in [4.78, 5) is 11.0. The van der Waals surface area contributed by atoms with Crippen molar-refractivity contribution >= 4 is 17.3 Å². The smallest absolute Gasteiger partial charge is 0.138 e. The lowest BCUT2D eigenvalue weighted by Crippen LogP contribution is -2.18. The predicted octanol–water partition coefficient (Wildman–Crippen LogP) is 4.61. The molecule has 0 atom stereocenters. The number of rotatable bonds is 8. The number of methoxy groups -OCH3 is 1. The molecule has 1 N–H and O–H groups in total. The van der Waals surface area contributed by atoms with Gasteiger partial charge >= 0.3 is 0 Å². The number of nitrogens with zero attached hydrogens (tertiary/aromatic N) is 3. The van der Waals surface area contributed by atoms with Crippen molar-refractivity contribution in [3.8, 4) is 5.75 Å². The maximum atomic E-state index is 5.41. The van der Waals surface area contributed by atoms with E-state index in [1.165, 1.54) is 11.1 Å². The lowest BCUT2D eigenvalue weighted by molar-refractivity contribution is 0.410. The standard InChI is InChI=1S/C22H26N4O/c1-4-26(19-10-7-8-17(2)14-19)22-15-21(24-16-25-22)23-13-12-18-9-5-6-11-20(18)27-3/h5-11,14-16H,4,12-13H2,1-3H3,(H,23,24,25). The van der Waals surface area contributed by atoms with E-state index in [4.69, 9.17) is 4.74 Å². The molecule has 1 heterocycles. The van der Waals surface area contributed by atoms with Crippen molar-refractivity contribution in [3.05, 3.63) is 72.1 Å². The summed E-state index contributed by atoms with van der Waals surface area (Å²) >= 11 is 0. The first-order valence-electron chi connectivity index (χ1n) is 9.23. The molecule has 3 rings (SSSR count). The Morgan fingerprint density at radius 2 is 1.89 bits per heavy atom. The van der Waals surface area contributed by atoms with Crippen LogP contribution in [0, 0.1) is 6.92 Å². The Morgan fingerprint density at radius 1 is 1.04 bits per heavy atom. The van der Waals surface area contributed by atoms with Crippen LogP contribution in [-0.2, 0) is 6.42 Å². The van der Waals surface area contributed by atoms with Crippen LogP contribution in [0.5, 0.6) is 5.75 Å². The second-order valence-electron chi connectivity index (χ2n) is 6.33. The summed E-state index contributed by atoms with van der Waals surface area (Å²) in [6, 6.07) is 18.5. The minimum Gasteiger partial charge on any atom is -0.496 e. The van der Waals surface area contributed by atoms with Gasteiger partial charge in [0.25, 0.3) is 0 Å². The molecule has 0 saturated carbocycles. The second kappa shape index (κ2) is 9.03. The highest BCUT2D eigenvalue weighted by Gasteiger charge is 2.10. The van der Waals surface area contributed by atoms with Crippen LogP contribution in [0.15, 0.2) is 60.9 Å². The molecule has 0 radical (unpaired) electrons. The van der Waals surface area contributed by atoms with Crippen molar-refractivity contribution in [1.29, 1.82) is 0 Å². The van der Waals surface area contributed by atoms with Crippen LogP contribution in [0.25, 0.3) is 0 Å². The molecule has 0 fully saturated rings. The van der Waals surface area contributed by atoms with Gasteiger partial charge in [-0.05, 0) is 49.6 Å². The molecule has 2 aromatic carbocycles. The molecule has 0 spiro atoms. The minimum absolute atomic E-state index is 0.771. The predicted molar refractivity (Wildman–Crippen MR) is 111 cm³/mol. The zero-order valence-corrected chi connectivity index (χ0v) is 16.1. The maximum Gasteiger partial charge on any atom is 0.138 e. The van der Waals surface area contributed by atoms with E-state index >= 15 is 0 Å². The van der Waals surface area contributed by atoms with Gasteiger partial charge in [-0.1, -0.05) is 30.3 Å². The van der Waals surface area contributed by atoms with E-state index in [-0.39, 0.29) is 0 Å². The van der Waals surface area contributed by atoms with Gasteiger partial charge in [0, 0.05) is 24.8 Å². The van der Waals surface area contributed by atoms with Crippen LogP contribution >= 0.6 is 0 Å². The number of aryl methyl sites for hydroxylation is 1. The summed E-state index contributed by atoms with van der Waals surface area (Å²) in [5.41, 5.74) is 3.54. The molecule has 0 amide bonds. The monoisotopic (exact) mass is 362 g/mol. The summed E-state index contributed by atoms with van der Waals surface area (Å²) < 4.78 is 5.41. The van der Waals surface area contributed by atoms with Crippen molar-refractivity contribution in [3.63, 3.8) is 0 Å². The molecule has 0 aliphatic rings. The minimum atomic E-state index is 0.771. The number of nitrogens with one attached hydrogen (secondary N) is 1. The number of hydrogen-bond donors (Lipinski definition) is 1. The molecule has 0 bridgehead atoms. The first kappa shape index (κ1) is 18.7. The van der Waals surface area contributed by atoms with Gasteiger partial charge in [0.1, 0.15) is 23.7 Å². The molecule has 140 valence electrons. The molecular formula is C22H26N4O. The third-order valence-electron chi connectivity index (χ3n) is 4.45. The van der Waals surface area contributed by atoms with Gasteiger partial charge in [-0.15, -0.1) is 0 Å². The van der Waals surface area contributed by atoms with Crippen molar-refractivity contribution in [2.45, 2.75) is 20.3 Å². The summed E-state index contributed by atoms with van der Waals surface area (Å²) in [5.74, 6) is 2.62. The molecule has 0 unspecified atom stereocenters.